The number of thiazole rings is 1. The number of amides is 3. The number of rotatable bonds is 7. The zero-order valence-electron chi connectivity index (χ0n) is 15.7. The summed E-state index contributed by atoms with van der Waals surface area (Å²) in [5.74, 6) is -0.876. The highest BCUT2D eigenvalue weighted by Gasteiger charge is 2.16. The van der Waals surface area contributed by atoms with Gasteiger partial charge in [-0.2, -0.15) is 0 Å². The largest absolute Gasteiger partial charge is 0.351 e. The summed E-state index contributed by atoms with van der Waals surface area (Å²) in [6.07, 6.45) is 0.651. The maximum Gasteiger partial charge on any atom is 0.281 e. The molecule has 29 heavy (non-hydrogen) atoms. The first-order chi connectivity index (χ1) is 14.0. The number of aryl methyl sites for hydroxylation is 1. The quantitative estimate of drug-likeness (QED) is 0.398. The van der Waals surface area contributed by atoms with Gasteiger partial charge in [0.2, 0.25) is 5.91 Å². The summed E-state index contributed by atoms with van der Waals surface area (Å²) in [6.45, 7) is 2.14. The lowest BCUT2D eigenvalue weighted by Crippen LogP contribution is -2.41. The Kier molecular flexibility index (Phi) is 7.09. The number of hydrogen-bond acceptors (Lipinski definition) is 6. The van der Waals surface area contributed by atoms with E-state index >= 15 is 0 Å². The molecule has 0 aliphatic carbocycles. The summed E-state index contributed by atoms with van der Waals surface area (Å²) < 4.78 is 0. The Morgan fingerprint density at radius 3 is 2.52 bits per heavy atom. The molecule has 3 aromatic rings. The zero-order chi connectivity index (χ0) is 20.6. The van der Waals surface area contributed by atoms with Crippen LogP contribution in [0, 0.1) is 6.92 Å². The van der Waals surface area contributed by atoms with Crippen LogP contribution in [0.5, 0.6) is 0 Å². The van der Waals surface area contributed by atoms with Crippen molar-refractivity contribution in [1.82, 2.24) is 21.2 Å². The minimum Gasteiger partial charge on any atom is -0.351 e. The SMILES string of the molecule is Cc1nc(-c2ccccc2)sc1C(=O)NNC(=O)CCCNC(=O)c1cccs1. The van der Waals surface area contributed by atoms with E-state index < -0.39 is 5.91 Å². The van der Waals surface area contributed by atoms with Crippen molar-refractivity contribution >= 4 is 40.4 Å². The number of carbonyl (C=O) groups is 3. The fourth-order valence-corrected chi connectivity index (χ4v) is 4.11. The molecule has 3 rings (SSSR count). The summed E-state index contributed by atoms with van der Waals surface area (Å²) in [5.41, 5.74) is 6.37. The smallest absolute Gasteiger partial charge is 0.281 e. The van der Waals surface area contributed by atoms with E-state index in [1.807, 2.05) is 41.8 Å². The molecule has 7 nitrogen and oxygen atoms in total. The number of benzene rings is 1. The fraction of sp³-hybridized carbons (Fsp3) is 0.200. The molecule has 0 saturated heterocycles. The second-order valence-corrected chi connectivity index (χ2v) is 8.09. The topological polar surface area (TPSA) is 100 Å². The van der Waals surface area contributed by atoms with Crippen molar-refractivity contribution in [3.05, 3.63) is 63.3 Å². The van der Waals surface area contributed by atoms with Gasteiger partial charge in [-0.1, -0.05) is 36.4 Å². The molecule has 3 amide bonds. The van der Waals surface area contributed by atoms with Gasteiger partial charge in [-0.05, 0) is 24.8 Å². The van der Waals surface area contributed by atoms with Gasteiger partial charge in [-0.15, -0.1) is 22.7 Å². The van der Waals surface area contributed by atoms with Crippen LogP contribution in [0.4, 0.5) is 0 Å². The molecule has 1 aromatic carbocycles. The lowest BCUT2D eigenvalue weighted by atomic mass is 10.2. The third kappa shape index (κ3) is 5.72. The standard InChI is InChI=1S/C20H20N4O3S2/c1-13-17(29-20(22-13)14-7-3-2-4-8-14)19(27)24-23-16(25)10-5-11-21-18(26)15-9-6-12-28-15/h2-4,6-9,12H,5,10-11H2,1H3,(H,21,26)(H,23,25)(H,24,27). The summed E-state index contributed by atoms with van der Waals surface area (Å²) in [5, 5.41) is 5.34. The van der Waals surface area contributed by atoms with E-state index in [2.05, 4.69) is 21.2 Å². The molecule has 0 unspecified atom stereocenters. The highest BCUT2D eigenvalue weighted by molar-refractivity contribution is 7.17. The van der Waals surface area contributed by atoms with Gasteiger partial charge < -0.3 is 5.32 Å². The number of aromatic nitrogens is 1. The van der Waals surface area contributed by atoms with E-state index in [-0.39, 0.29) is 18.2 Å². The van der Waals surface area contributed by atoms with Crippen LogP contribution in [0.15, 0.2) is 47.8 Å². The van der Waals surface area contributed by atoms with Crippen molar-refractivity contribution in [2.45, 2.75) is 19.8 Å². The predicted molar refractivity (Wildman–Crippen MR) is 114 cm³/mol. The first kappa shape index (κ1) is 20.7. The number of hydrazine groups is 1. The van der Waals surface area contributed by atoms with Gasteiger partial charge in [-0.25, -0.2) is 4.98 Å². The Morgan fingerprint density at radius 1 is 1.00 bits per heavy atom. The minimum absolute atomic E-state index is 0.149. The summed E-state index contributed by atoms with van der Waals surface area (Å²) in [4.78, 5) is 41.6. The predicted octanol–water partition coefficient (Wildman–Crippen LogP) is 3.15. The monoisotopic (exact) mass is 428 g/mol. The third-order valence-electron chi connectivity index (χ3n) is 3.95. The maximum absolute atomic E-state index is 12.4. The van der Waals surface area contributed by atoms with Crippen molar-refractivity contribution in [1.29, 1.82) is 0 Å². The number of carbonyl (C=O) groups excluding carboxylic acids is 3. The number of nitrogens with one attached hydrogen (secondary N) is 3. The van der Waals surface area contributed by atoms with E-state index in [4.69, 9.17) is 0 Å². The molecular formula is C20H20N4O3S2. The Labute approximate surface area is 176 Å². The Bertz CT molecular complexity index is 985. The maximum atomic E-state index is 12.4. The van der Waals surface area contributed by atoms with E-state index in [0.29, 0.717) is 28.4 Å². The molecule has 0 saturated carbocycles. The van der Waals surface area contributed by atoms with Crippen molar-refractivity contribution < 1.29 is 14.4 Å². The van der Waals surface area contributed by atoms with Gasteiger partial charge in [0.25, 0.3) is 11.8 Å². The lowest BCUT2D eigenvalue weighted by Gasteiger charge is -2.07. The molecule has 0 aliphatic heterocycles. The van der Waals surface area contributed by atoms with Gasteiger partial charge in [0.15, 0.2) is 0 Å². The molecule has 0 atom stereocenters. The Balaban J connectivity index is 1.41. The van der Waals surface area contributed by atoms with Crippen LogP contribution in [-0.2, 0) is 4.79 Å². The van der Waals surface area contributed by atoms with Crippen LogP contribution >= 0.6 is 22.7 Å². The van der Waals surface area contributed by atoms with Crippen molar-refractivity contribution in [2.75, 3.05) is 6.54 Å². The third-order valence-corrected chi connectivity index (χ3v) is 6.02. The number of hydrogen-bond donors (Lipinski definition) is 3. The minimum atomic E-state index is -0.401. The second kappa shape index (κ2) is 9.94. The highest BCUT2D eigenvalue weighted by Crippen LogP contribution is 2.27. The Morgan fingerprint density at radius 2 is 1.79 bits per heavy atom. The molecule has 3 N–H and O–H groups in total. The van der Waals surface area contributed by atoms with Crippen LogP contribution in [-0.4, -0.2) is 29.3 Å². The average molecular weight is 429 g/mol. The van der Waals surface area contributed by atoms with Crippen LogP contribution in [0.25, 0.3) is 10.6 Å². The number of thiophene rings is 1. The van der Waals surface area contributed by atoms with Gasteiger partial charge >= 0.3 is 0 Å². The molecule has 2 aromatic heterocycles. The molecule has 0 aliphatic rings. The van der Waals surface area contributed by atoms with Crippen molar-refractivity contribution in [2.24, 2.45) is 0 Å². The van der Waals surface area contributed by atoms with Crippen LogP contribution < -0.4 is 16.2 Å². The molecule has 0 radical (unpaired) electrons. The van der Waals surface area contributed by atoms with Crippen LogP contribution in [0.2, 0.25) is 0 Å². The number of nitrogens with zero attached hydrogens (tertiary/aromatic N) is 1. The summed E-state index contributed by atoms with van der Waals surface area (Å²) >= 11 is 2.64. The van der Waals surface area contributed by atoms with Crippen molar-refractivity contribution in [3.63, 3.8) is 0 Å². The van der Waals surface area contributed by atoms with Gasteiger partial charge in [-0.3, -0.25) is 25.2 Å². The van der Waals surface area contributed by atoms with E-state index in [1.165, 1.54) is 22.7 Å². The molecule has 2 heterocycles. The molecule has 0 spiro atoms. The van der Waals surface area contributed by atoms with Gasteiger partial charge in [0, 0.05) is 18.5 Å². The van der Waals surface area contributed by atoms with E-state index in [9.17, 15) is 14.4 Å². The molecule has 150 valence electrons. The van der Waals surface area contributed by atoms with Gasteiger partial charge in [0.05, 0.1) is 10.6 Å². The lowest BCUT2D eigenvalue weighted by molar-refractivity contribution is -0.121. The van der Waals surface area contributed by atoms with Gasteiger partial charge in [0.1, 0.15) is 9.88 Å². The first-order valence-corrected chi connectivity index (χ1v) is 10.7. The molecule has 9 heteroatoms. The second-order valence-electron chi connectivity index (χ2n) is 6.14. The van der Waals surface area contributed by atoms with E-state index in [1.54, 1.807) is 13.0 Å². The van der Waals surface area contributed by atoms with Crippen LogP contribution in [0.1, 0.15) is 37.9 Å². The first-order valence-electron chi connectivity index (χ1n) is 8.98. The highest BCUT2D eigenvalue weighted by atomic mass is 32.1. The van der Waals surface area contributed by atoms with Crippen molar-refractivity contribution in [3.8, 4) is 10.6 Å². The fourth-order valence-electron chi connectivity index (χ4n) is 2.50. The zero-order valence-corrected chi connectivity index (χ0v) is 17.4. The average Bonchev–Trinajstić information content (AvgIpc) is 3.40. The molecule has 0 bridgehead atoms. The van der Waals surface area contributed by atoms with Crippen LogP contribution in [0.3, 0.4) is 0 Å². The molecule has 0 fully saturated rings. The van der Waals surface area contributed by atoms with E-state index in [0.717, 1.165) is 10.6 Å². The summed E-state index contributed by atoms with van der Waals surface area (Å²) in [7, 11) is 0. The normalized spacial score (nSPS) is 10.4. The summed E-state index contributed by atoms with van der Waals surface area (Å²) in [6, 6.07) is 13.2. The molecular weight excluding hydrogens is 408 g/mol. The Hall–Kier alpha value is -3.04.